The largest absolute Gasteiger partial charge is 0.456 e. The summed E-state index contributed by atoms with van der Waals surface area (Å²) in [5.41, 5.74) is 1.37. The average molecular weight is 457 g/mol. The minimum Gasteiger partial charge on any atom is -0.456 e. The third-order valence-electron chi connectivity index (χ3n) is 4.25. The monoisotopic (exact) mass is 456 g/mol. The highest BCUT2D eigenvalue weighted by atomic mass is 32.1. The average Bonchev–Trinajstić information content (AvgIpc) is 3.55. The molecule has 0 aromatic carbocycles. The van der Waals surface area contributed by atoms with Crippen LogP contribution in [0.4, 0.5) is 0 Å². The van der Waals surface area contributed by atoms with Crippen LogP contribution in [0, 0.1) is 0 Å². The van der Waals surface area contributed by atoms with Gasteiger partial charge in [-0.2, -0.15) is 16.3 Å². The van der Waals surface area contributed by atoms with Crippen LogP contribution in [0.1, 0.15) is 5.82 Å². The Kier molecular flexibility index (Phi) is 4.99. The number of thiophene rings is 3. The van der Waals surface area contributed by atoms with Crippen molar-refractivity contribution in [3.05, 3.63) is 62.2 Å². The van der Waals surface area contributed by atoms with Crippen LogP contribution in [-0.4, -0.2) is 25.7 Å². The third kappa shape index (κ3) is 3.58. The first-order valence-corrected chi connectivity index (χ1v) is 11.4. The zero-order valence-corrected chi connectivity index (χ0v) is 17.6. The summed E-state index contributed by atoms with van der Waals surface area (Å²) >= 11 is 4.47. The number of aromatic nitrogens is 4. The van der Waals surface area contributed by atoms with Crippen LogP contribution < -0.4 is 5.56 Å². The maximum atomic E-state index is 12.9. The van der Waals surface area contributed by atoms with Gasteiger partial charge in [0.25, 0.3) is 11.4 Å². The summed E-state index contributed by atoms with van der Waals surface area (Å²) in [6.45, 7) is -0.396. The molecule has 0 amide bonds. The molecule has 8 nitrogen and oxygen atoms in total. The molecule has 0 bridgehead atoms. The second-order valence-corrected chi connectivity index (χ2v) is 8.76. The van der Waals surface area contributed by atoms with E-state index in [-0.39, 0.29) is 24.5 Å². The van der Waals surface area contributed by atoms with E-state index in [1.165, 1.54) is 33.6 Å². The summed E-state index contributed by atoms with van der Waals surface area (Å²) < 4.78 is 11.6. The van der Waals surface area contributed by atoms with Gasteiger partial charge in [0, 0.05) is 21.2 Å². The van der Waals surface area contributed by atoms with E-state index in [4.69, 9.17) is 9.26 Å². The van der Waals surface area contributed by atoms with E-state index >= 15 is 0 Å². The van der Waals surface area contributed by atoms with Gasteiger partial charge in [-0.25, -0.2) is 4.98 Å². The molecule has 5 rings (SSSR count). The van der Waals surface area contributed by atoms with E-state index in [9.17, 15) is 9.59 Å². The summed E-state index contributed by atoms with van der Waals surface area (Å²) in [5, 5.41) is 12.0. The molecule has 5 aromatic heterocycles. The Morgan fingerprint density at radius 3 is 2.93 bits per heavy atom. The molecule has 0 fully saturated rings. The maximum absolute atomic E-state index is 12.9. The van der Waals surface area contributed by atoms with Crippen molar-refractivity contribution in [2.45, 2.75) is 13.2 Å². The fraction of sp³-hybridized carbons (Fsp3) is 0.105. The summed E-state index contributed by atoms with van der Waals surface area (Å²) in [5.74, 6) is 0.0306. The topological polar surface area (TPSA) is 100 Å². The van der Waals surface area contributed by atoms with E-state index in [1.54, 1.807) is 11.3 Å². The van der Waals surface area contributed by atoms with Crippen molar-refractivity contribution in [1.82, 2.24) is 19.7 Å². The molecule has 0 atom stereocenters. The number of nitrogens with zero attached hydrogens (tertiary/aromatic N) is 4. The molecule has 0 aliphatic heterocycles. The minimum atomic E-state index is -0.590. The van der Waals surface area contributed by atoms with Crippen LogP contribution in [0.15, 0.2) is 55.4 Å². The number of hydrogen-bond acceptors (Lipinski definition) is 10. The lowest BCUT2D eigenvalue weighted by atomic mass is 10.2. The molecule has 0 aliphatic rings. The van der Waals surface area contributed by atoms with Crippen molar-refractivity contribution in [2.24, 2.45) is 0 Å². The molecule has 0 radical (unpaired) electrons. The van der Waals surface area contributed by atoms with Gasteiger partial charge in [-0.3, -0.25) is 14.2 Å². The molecule has 0 saturated heterocycles. The number of hydrogen-bond donors (Lipinski definition) is 0. The number of carbonyl (C=O) groups excluding carboxylic acids is 1. The van der Waals surface area contributed by atoms with Gasteiger partial charge in [0.1, 0.15) is 11.4 Å². The van der Waals surface area contributed by atoms with Gasteiger partial charge in [-0.15, -0.1) is 22.7 Å². The lowest BCUT2D eigenvalue weighted by molar-refractivity contribution is -0.146. The molecule has 0 spiro atoms. The van der Waals surface area contributed by atoms with E-state index in [2.05, 4.69) is 15.1 Å². The van der Waals surface area contributed by atoms with Gasteiger partial charge < -0.3 is 9.26 Å². The number of esters is 1. The van der Waals surface area contributed by atoms with Gasteiger partial charge in [0.05, 0.1) is 17.3 Å². The molecule has 0 aliphatic carbocycles. The number of rotatable bonds is 6. The first-order valence-electron chi connectivity index (χ1n) is 8.70. The number of fused-ring (bicyclic) bond motifs is 1. The zero-order chi connectivity index (χ0) is 20.5. The first kappa shape index (κ1) is 18.9. The molecular formula is C19H12N4O4S3. The lowest BCUT2D eigenvalue weighted by Gasteiger charge is -2.05. The Hall–Kier alpha value is -3.15. The lowest BCUT2D eigenvalue weighted by Crippen LogP contribution is -2.25. The molecule has 0 unspecified atom stereocenters. The van der Waals surface area contributed by atoms with Crippen molar-refractivity contribution < 1.29 is 14.1 Å². The SMILES string of the molecule is O=C(Cn1cnc2scc(-c3cccs3)c2c1=O)OCc1noc(-c2ccsc2)n1. The van der Waals surface area contributed by atoms with Crippen molar-refractivity contribution in [3.8, 4) is 21.9 Å². The van der Waals surface area contributed by atoms with Crippen LogP contribution in [0.25, 0.3) is 32.1 Å². The van der Waals surface area contributed by atoms with E-state index in [0.29, 0.717) is 16.1 Å². The molecule has 11 heteroatoms. The molecule has 5 aromatic rings. The van der Waals surface area contributed by atoms with Gasteiger partial charge in [0.15, 0.2) is 6.61 Å². The fourth-order valence-corrected chi connectivity index (χ4v) is 5.19. The maximum Gasteiger partial charge on any atom is 0.326 e. The molecule has 0 saturated carbocycles. The first-order chi connectivity index (χ1) is 14.7. The molecule has 30 heavy (non-hydrogen) atoms. The Labute approximate surface area is 181 Å². The third-order valence-corrected chi connectivity index (χ3v) is 6.72. The summed E-state index contributed by atoms with van der Waals surface area (Å²) in [6, 6.07) is 5.74. The molecule has 5 heterocycles. The van der Waals surface area contributed by atoms with Gasteiger partial charge >= 0.3 is 5.97 Å². The molecular weight excluding hydrogens is 444 g/mol. The Balaban J connectivity index is 1.31. The second kappa shape index (κ2) is 7.94. The van der Waals surface area contributed by atoms with Gasteiger partial charge in [-0.1, -0.05) is 11.2 Å². The Bertz CT molecular complexity index is 1370. The quantitative estimate of drug-likeness (QED) is 0.356. The van der Waals surface area contributed by atoms with Crippen LogP contribution in [-0.2, 0) is 22.7 Å². The van der Waals surface area contributed by atoms with Gasteiger partial charge in [-0.05, 0) is 22.9 Å². The number of ether oxygens (including phenoxy) is 1. The van der Waals surface area contributed by atoms with Crippen molar-refractivity contribution in [1.29, 1.82) is 0 Å². The highest BCUT2D eigenvalue weighted by Gasteiger charge is 2.16. The highest BCUT2D eigenvalue weighted by Crippen LogP contribution is 2.33. The predicted octanol–water partition coefficient (Wildman–Crippen LogP) is 4.04. The van der Waals surface area contributed by atoms with Crippen LogP contribution in [0.3, 0.4) is 0 Å². The standard InChI is InChI=1S/C19H12N4O4S3/c24-15(26-7-14-21-17(27-22-14)11-3-5-28-8-11)6-23-10-20-18-16(19(23)25)12(9-30-18)13-2-1-4-29-13/h1-5,8-10H,6-7H2. The van der Waals surface area contributed by atoms with Crippen molar-refractivity contribution in [2.75, 3.05) is 0 Å². The highest BCUT2D eigenvalue weighted by molar-refractivity contribution is 7.18. The van der Waals surface area contributed by atoms with Gasteiger partial charge in [0.2, 0.25) is 5.82 Å². The van der Waals surface area contributed by atoms with Crippen molar-refractivity contribution in [3.63, 3.8) is 0 Å². The van der Waals surface area contributed by atoms with Crippen molar-refractivity contribution >= 4 is 50.2 Å². The summed E-state index contributed by atoms with van der Waals surface area (Å²) in [4.78, 5) is 35.3. The molecule has 150 valence electrons. The Morgan fingerprint density at radius 1 is 1.20 bits per heavy atom. The summed E-state index contributed by atoms with van der Waals surface area (Å²) in [6.07, 6.45) is 1.36. The van der Waals surface area contributed by atoms with Crippen LogP contribution in [0.2, 0.25) is 0 Å². The van der Waals surface area contributed by atoms with Crippen LogP contribution >= 0.6 is 34.0 Å². The predicted molar refractivity (Wildman–Crippen MR) is 115 cm³/mol. The van der Waals surface area contributed by atoms with E-state index in [0.717, 1.165) is 16.0 Å². The van der Waals surface area contributed by atoms with E-state index < -0.39 is 5.97 Å². The fourth-order valence-electron chi connectivity index (χ4n) is 2.84. The Morgan fingerprint density at radius 2 is 2.13 bits per heavy atom. The molecule has 0 N–H and O–H groups in total. The number of carbonyl (C=O) groups is 1. The summed E-state index contributed by atoms with van der Waals surface area (Å²) in [7, 11) is 0. The smallest absolute Gasteiger partial charge is 0.326 e. The second-order valence-electron chi connectivity index (χ2n) is 6.17. The zero-order valence-electron chi connectivity index (χ0n) is 15.2. The minimum absolute atomic E-state index is 0.143. The van der Waals surface area contributed by atoms with E-state index in [1.807, 2.05) is 39.7 Å². The normalized spacial score (nSPS) is 11.2. The van der Waals surface area contributed by atoms with Crippen LogP contribution in [0.5, 0.6) is 0 Å².